The van der Waals surface area contributed by atoms with Crippen LogP contribution >= 0.6 is 11.3 Å². The van der Waals surface area contributed by atoms with E-state index in [9.17, 15) is 4.79 Å². The van der Waals surface area contributed by atoms with E-state index in [1.807, 2.05) is 31.4 Å². The van der Waals surface area contributed by atoms with Crippen molar-refractivity contribution in [2.24, 2.45) is 0 Å². The molecule has 0 aliphatic rings. The zero-order valence-electron chi connectivity index (χ0n) is 12.3. The lowest BCUT2D eigenvalue weighted by molar-refractivity contribution is -0.121. The van der Waals surface area contributed by atoms with E-state index in [0.717, 1.165) is 28.6 Å². The topological polar surface area (TPSA) is 75.4 Å². The molecule has 0 bridgehead atoms. The van der Waals surface area contributed by atoms with Crippen molar-refractivity contribution in [1.29, 1.82) is 0 Å². The molecule has 0 spiro atoms. The number of nitrogens with one attached hydrogen (secondary N) is 1. The number of aryl methyl sites for hydroxylation is 1. The molecule has 21 heavy (non-hydrogen) atoms. The van der Waals surface area contributed by atoms with Crippen LogP contribution in [0.2, 0.25) is 0 Å². The minimum atomic E-state index is -0.0669. The second-order valence-electron chi connectivity index (χ2n) is 4.92. The Morgan fingerprint density at radius 1 is 1.52 bits per heavy atom. The molecule has 1 atom stereocenters. The Morgan fingerprint density at radius 3 is 2.95 bits per heavy atom. The average Bonchev–Trinajstić information content (AvgIpc) is 3.07. The van der Waals surface area contributed by atoms with E-state index in [1.165, 1.54) is 11.3 Å². The molecule has 2 heterocycles. The quantitative estimate of drug-likeness (QED) is 0.824. The van der Waals surface area contributed by atoms with Crippen LogP contribution in [0.3, 0.4) is 0 Å². The van der Waals surface area contributed by atoms with Crippen molar-refractivity contribution < 1.29 is 14.3 Å². The number of carbonyl (C=O) groups is 1. The maximum absolute atomic E-state index is 12.0. The number of aliphatic hydroxyl groups excluding tert-OH is 1. The number of hydrogen-bond donors (Lipinski definition) is 2. The fraction of sp³-hybridized carbons (Fsp3) is 0.467. The number of nitrogens with zero attached hydrogens (tertiary/aromatic N) is 1. The van der Waals surface area contributed by atoms with Crippen LogP contribution in [0.15, 0.2) is 21.9 Å². The van der Waals surface area contributed by atoms with E-state index in [1.54, 1.807) is 0 Å². The van der Waals surface area contributed by atoms with Gasteiger partial charge in [-0.1, -0.05) is 6.92 Å². The smallest absolute Gasteiger partial charge is 0.226 e. The normalized spacial score (nSPS) is 12.3. The summed E-state index contributed by atoms with van der Waals surface area (Å²) < 4.78 is 5.52. The second-order valence-corrected chi connectivity index (χ2v) is 5.77. The summed E-state index contributed by atoms with van der Waals surface area (Å²) in [6, 6.07) is 3.80. The van der Waals surface area contributed by atoms with Crippen molar-refractivity contribution in [1.82, 2.24) is 10.3 Å². The molecule has 0 aliphatic heterocycles. The number of aromatic nitrogens is 1. The molecule has 114 valence electrons. The molecule has 2 N–H and O–H groups in total. The summed E-state index contributed by atoms with van der Waals surface area (Å²) in [7, 11) is 0. The van der Waals surface area contributed by atoms with Gasteiger partial charge in [-0.3, -0.25) is 4.79 Å². The number of hydrogen-bond acceptors (Lipinski definition) is 5. The van der Waals surface area contributed by atoms with E-state index in [4.69, 9.17) is 9.52 Å². The molecule has 6 heteroatoms. The van der Waals surface area contributed by atoms with Gasteiger partial charge in [0, 0.05) is 18.0 Å². The summed E-state index contributed by atoms with van der Waals surface area (Å²) in [4.78, 5) is 16.4. The second kappa shape index (κ2) is 7.38. The third-order valence-electron chi connectivity index (χ3n) is 3.18. The van der Waals surface area contributed by atoms with Gasteiger partial charge < -0.3 is 14.8 Å². The van der Waals surface area contributed by atoms with Crippen molar-refractivity contribution in [3.8, 4) is 10.8 Å². The predicted octanol–water partition coefficient (Wildman–Crippen LogP) is 2.53. The first-order valence-electron chi connectivity index (χ1n) is 7.03. The van der Waals surface area contributed by atoms with Crippen LogP contribution in [-0.2, 0) is 11.2 Å². The summed E-state index contributed by atoms with van der Waals surface area (Å²) in [5.41, 5.74) is 0.736. The van der Waals surface area contributed by atoms with E-state index >= 15 is 0 Å². The Bertz CT molecular complexity index is 591. The molecular weight excluding hydrogens is 288 g/mol. The molecule has 0 saturated carbocycles. The molecule has 0 saturated heterocycles. The minimum Gasteiger partial charge on any atom is -0.459 e. The fourth-order valence-corrected chi connectivity index (χ4v) is 2.81. The molecule has 5 nitrogen and oxygen atoms in total. The van der Waals surface area contributed by atoms with E-state index in [0.29, 0.717) is 6.42 Å². The molecule has 2 aromatic heterocycles. The third kappa shape index (κ3) is 4.41. The van der Waals surface area contributed by atoms with Gasteiger partial charge in [0.15, 0.2) is 10.8 Å². The molecule has 1 unspecified atom stereocenters. The summed E-state index contributed by atoms with van der Waals surface area (Å²) in [5, 5.41) is 14.5. The zero-order chi connectivity index (χ0) is 15.2. The van der Waals surface area contributed by atoms with Gasteiger partial charge in [-0.25, -0.2) is 4.98 Å². The Balaban J connectivity index is 1.94. The predicted molar refractivity (Wildman–Crippen MR) is 82.2 cm³/mol. The molecule has 1 amide bonds. The maximum atomic E-state index is 12.0. The number of rotatable bonds is 7. The first kappa shape index (κ1) is 15.7. The van der Waals surface area contributed by atoms with Gasteiger partial charge in [-0.2, -0.15) is 0 Å². The van der Waals surface area contributed by atoms with Crippen LogP contribution in [0.5, 0.6) is 0 Å². The molecular formula is C15H20N2O3S. The summed E-state index contributed by atoms with van der Waals surface area (Å²) in [6.45, 7) is 3.95. The van der Waals surface area contributed by atoms with Gasteiger partial charge in [0.05, 0.1) is 12.1 Å². The van der Waals surface area contributed by atoms with Gasteiger partial charge in [0.25, 0.3) is 0 Å². The van der Waals surface area contributed by atoms with Crippen LogP contribution in [-0.4, -0.2) is 28.6 Å². The molecule has 0 radical (unpaired) electrons. The molecule has 0 aliphatic carbocycles. The number of thiazole rings is 1. The SMILES string of the molecule is CCC(CCO)NC(=O)Cc1csc(-c2ccc(C)o2)n1. The van der Waals surface area contributed by atoms with Gasteiger partial charge in [0.1, 0.15) is 5.76 Å². The monoisotopic (exact) mass is 308 g/mol. The van der Waals surface area contributed by atoms with Gasteiger partial charge >= 0.3 is 0 Å². The Hall–Kier alpha value is -1.66. The fourth-order valence-electron chi connectivity index (χ4n) is 2.03. The lowest BCUT2D eigenvalue weighted by atomic mass is 10.1. The highest BCUT2D eigenvalue weighted by Crippen LogP contribution is 2.25. The third-order valence-corrected chi connectivity index (χ3v) is 4.09. The van der Waals surface area contributed by atoms with E-state index < -0.39 is 0 Å². The highest BCUT2D eigenvalue weighted by atomic mass is 32.1. The van der Waals surface area contributed by atoms with Crippen molar-refractivity contribution in [3.05, 3.63) is 29.0 Å². The Morgan fingerprint density at radius 2 is 2.33 bits per heavy atom. The largest absolute Gasteiger partial charge is 0.459 e. The lowest BCUT2D eigenvalue weighted by Crippen LogP contribution is -2.36. The minimum absolute atomic E-state index is 0.0216. The number of aliphatic hydroxyl groups is 1. The van der Waals surface area contributed by atoms with Gasteiger partial charge in [-0.15, -0.1) is 11.3 Å². The van der Waals surface area contributed by atoms with Crippen molar-refractivity contribution >= 4 is 17.2 Å². The van der Waals surface area contributed by atoms with Gasteiger partial charge in [-0.05, 0) is 31.9 Å². The number of furan rings is 1. The summed E-state index contributed by atoms with van der Waals surface area (Å²) in [6.07, 6.45) is 1.63. The summed E-state index contributed by atoms with van der Waals surface area (Å²) in [5.74, 6) is 1.51. The first-order valence-corrected chi connectivity index (χ1v) is 7.91. The van der Waals surface area contributed by atoms with Gasteiger partial charge in [0.2, 0.25) is 5.91 Å². The van der Waals surface area contributed by atoms with Crippen molar-refractivity contribution in [2.75, 3.05) is 6.61 Å². The summed E-state index contributed by atoms with van der Waals surface area (Å²) >= 11 is 1.47. The van der Waals surface area contributed by atoms with Crippen LogP contribution < -0.4 is 5.32 Å². The zero-order valence-corrected chi connectivity index (χ0v) is 13.1. The Labute approximate surface area is 128 Å². The average molecular weight is 308 g/mol. The van der Waals surface area contributed by atoms with Crippen LogP contribution in [0, 0.1) is 6.92 Å². The molecule has 0 aromatic carbocycles. The van der Waals surface area contributed by atoms with Crippen molar-refractivity contribution in [2.45, 2.75) is 39.2 Å². The standard InChI is InChI=1S/C15H20N2O3S/c1-3-11(6-7-18)16-14(19)8-12-9-21-15(17-12)13-5-4-10(2)20-13/h4-5,9,11,18H,3,6-8H2,1-2H3,(H,16,19). The molecule has 2 aromatic rings. The van der Waals surface area contributed by atoms with Crippen LogP contribution in [0.4, 0.5) is 0 Å². The maximum Gasteiger partial charge on any atom is 0.226 e. The number of amides is 1. The van der Waals surface area contributed by atoms with E-state index in [2.05, 4.69) is 10.3 Å². The first-order chi connectivity index (χ1) is 10.1. The van der Waals surface area contributed by atoms with Crippen LogP contribution in [0.1, 0.15) is 31.2 Å². The highest BCUT2D eigenvalue weighted by molar-refractivity contribution is 7.13. The van der Waals surface area contributed by atoms with Crippen molar-refractivity contribution in [3.63, 3.8) is 0 Å². The highest BCUT2D eigenvalue weighted by Gasteiger charge is 2.13. The van der Waals surface area contributed by atoms with E-state index in [-0.39, 0.29) is 25.0 Å². The van der Waals surface area contributed by atoms with Crippen LogP contribution in [0.25, 0.3) is 10.8 Å². The lowest BCUT2D eigenvalue weighted by Gasteiger charge is -2.15. The molecule has 2 rings (SSSR count). The molecule has 0 fully saturated rings. The Kier molecular flexibility index (Phi) is 5.52. The number of carbonyl (C=O) groups excluding carboxylic acids is 1.